The van der Waals surface area contributed by atoms with Gasteiger partial charge in [0.25, 0.3) is 5.91 Å². The van der Waals surface area contributed by atoms with E-state index in [1.165, 1.54) is 13.0 Å². The van der Waals surface area contributed by atoms with Gasteiger partial charge in [-0.1, -0.05) is 11.2 Å². The number of hydrogen-bond acceptors (Lipinski definition) is 5. The molecule has 1 N–H and O–H groups in total. The molecule has 0 spiro atoms. The number of oxime groups is 1. The standard InChI is InChI=1S/C14H16F2N2O4S/c1-8(7-23(2,20)21)17-14(19)12-6-11(18-22-12)13-9(15)4-3-5-10(13)16/h3-5,8,12H,6-7H2,1-2H3,(H,17,19)/t8-,12+/m1/s1. The number of carbonyl (C=O) groups is 1. The van der Waals surface area contributed by atoms with Gasteiger partial charge in [0.05, 0.1) is 17.0 Å². The largest absolute Gasteiger partial charge is 0.382 e. The second-order valence-electron chi connectivity index (χ2n) is 5.43. The Morgan fingerprint density at radius 2 is 2.04 bits per heavy atom. The molecule has 1 aromatic rings. The lowest BCUT2D eigenvalue weighted by Gasteiger charge is -2.15. The number of nitrogens with one attached hydrogen (secondary N) is 1. The zero-order valence-electron chi connectivity index (χ0n) is 12.5. The molecule has 126 valence electrons. The van der Waals surface area contributed by atoms with Crippen molar-refractivity contribution in [3.8, 4) is 0 Å². The summed E-state index contributed by atoms with van der Waals surface area (Å²) in [6.45, 7) is 1.53. The minimum Gasteiger partial charge on any atom is -0.382 e. The fourth-order valence-corrected chi connectivity index (χ4v) is 3.26. The average Bonchev–Trinajstić information content (AvgIpc) is 2.85. The van der Waals surface area contributed by atoms with Crippen LogP contribution < -0.4 is 5.32 Å². The van der Waals surface area contributed by atoms with Crippen LogP contribution in [-0.4, -0.2) is 44.2 Å². The zero-order valence-corrected chi connectivity index (χ0v) is 13.4. The average molecular weight is 346 g/mol. The molecule has 0 aliphatic carbocycles. The molecule has 0 fully saturated rings. The van der Waals surface area contributed by atoms with Crippen LogP contribution in [0.5, 0.6) is 0 Å². The smallest absolute Gasteiger partial charge is 0.264 e. The van der Waals surface area contributed by atoms with Crippen molar-refractivity contribution in [1.82, 2.24) is 5.32 Å². The third-order valence-electron chi connectivity index (χ3n) is 3.15. The van der Waals surface area contributed by atoms with Crippen molar-refractivity contribution in [3.05, 3.63) is 35.4 Å². The molecule has 9 heteroatoms. The maximum atomic E-state index is 13.7. The highest BCUT2D eigenvalue weighted by Gasteiger charge is 2.32. The number of amides is 1. The molecule has 0 aromatic heterocycles. The summed E-state index contributed by atoms with van der Waals surface area (Å²) >= 11 is 0. The number of halogens is 2. The molecule has 0 unspecified atom stereocenters. The summed E-state index contributed by atoms with van der Waals surface area (Å²) in [4.78, 5) is 16.9. The second kappa shape index (κ2) is 6.61. The maximum Gasteiger partial charge on any atom is 0.264 e. The van der Waals surface area contributed by atoms with E-state index in [-0.39, 0.29) is 23.4 Å². The molecule has 0 saturated carbocycles. The lowest BCUT2D eigenvalue weighted by atomic mass is 10.0. The molecule has 0 radical (unpaired) electrons. The van der Waals surface area contributed by atoms with Crippen molar-refractivity contribution in [2.24, 2.45) is 5.16 Å². The highest BCUT2D eigenvalue weighted by molar-refractivity contribution is 7.90. The molecule has 23 heavy (non-hydrogen) atoms. The molecular formula is C14H16F2N2O4S. The molecule has 0 saturated heterocycles. The first-order chi connectivity index (χ1) is 10.7. The van der Waals surface area contributed by atoms with Crippen LogP contribution in [0.1, 0.15) is 18.9 Å². The first-order valence-electron chi connectivity index (χ1n) is 6.82. The van der Waals surface area contributed by atoms with E-state index >= 15 is 0 Å². The van der Waals surface area contributed by atoms with Gasteiger partial charge >= 0.3 is 0 Å². The Labute approximate surface area is 132 Å². The quantitative estimate of drug-likeness (QED) is 0.862. The molecular weight excluding hydrogens is 330 g/mol. The summed E-state index contributed by atoms with van der Waals surface area (Å²) in [7, 11) is -3.24. The monoisotopic (exact) mass is 346 g/mol. The molecule has 2 rings (SSSR count). The number of nitrogens with zero attached hydrogens (tertiary/aromatic N) is 1. The van der Waals surface area contributed by atoms with Gasteiger partial charge in [0.1, 0.15) is 21.5 Å². The van der Waals surface area contributed by atoms with Gasteiger partial charge in [0.15, 0.2) is 0 Å². The van der Waals surface area contributed by atoms with E-state index in [1.54, 1.807) is 0 Å². The van der Waals surface area contributed by atoms with Crippen molar-refractivity contribution in [2.75, 3.05) is 12.0 Å². The molecule has 1 heterocycles. The highest BCUT2D eigenvalue weighted by Crippen LogP contribution is 2.21. The van der Waals surface area contributed by atoms with Crippen LogP contribution >= 0.6 is 0 Å². The van der Waals surface area contributed by atoms with Gasteiger partial charge in [-0.3, -0.25) is 4.79 Å². The normalized spacial score (nSPS) is 19.0. The SMILES string of the molecule is C[C@H](CS(C)(=O)=O)NC(=O)[C@@H]1CC(c2c(F)cccc2F)=NO1. The van der Waals surface area contributed by atoms with E-state index in [9.17, 15) is 22.0 Å². The van der Waals surface area contributed by atoms with E-state index < -0.39 is 39.5 Å². The molecule has 1 aromatic carbocycles. The Bertz CT molecular complexity index is 729. The fourth-order valence-electron chi connectivity index (χ4n) is 2.27. The summed E-state index contributed by atoms with van der Waals surface area (Å²) in [6.07, 6.45) is -0.0925. The maximum absolute atomic E-state index is 13.7. The summed E-state index contributed by atoms with van der Waals surface area (Å²) in [5.74, 6) is -2.39. The zero-order chi connectivity index (χ0) is 17.2. The first-order valence-corrected chi connectivity index (χ1v) is 8.88. The number of rotatable bonds is 5. The van der Waals surface area contributed by atoms with Crippen molar-refractivity contribution < 1.29 is 26.8 Å². The minimum absolute atomic E-state index is 0.00323. The van der Waals surface area contributed by atoms with Gasteiger partial charge in [-0.25, -0.2) is 17.2 Å². The summed E-state index contributed by atoms with van der Waals surface area (Å²) < 4.78 is 49.7. The number of sulfone groups is 1. The lowest BCUT2D eigenvalue weighted by Crippen LogP contribution is -2.43. The molecule has 1 amide bonds. The van der Waals surface area contributed by atoms with Crippen LogP contribution in [0.25, 0.3) is 0 Å². The van der Waals surface area contributed by atoms with Crippen molar-refractivity contribution in [3.63, 3.8) is 0 Å². The minimum atomic E-state index is -3.24. The fraction of sp³-hybridized carbons (Fsp3) is 0.429. The first kappa shape index (κ1) is 17.3. The Balaban J connectivity index is 2.00. The van der Waals surface area contributed by atoms with Gasteiger partial charge in [-0.05, 0) is 19.1 Å². The third-order valence-corrected chi connectivity index (χ3v) is 4.26. The summed E-state index contributed by atoms with van der Waals surface area (Å²) in [5, 5.41) is 6.05. The van der Waals surface area contributed by atoms with E-state index in [1.807, 2.05) is 0 Å². The van der Waals surface area contributed by atoms with Gasteiger partial charge in [-0.2, -0.15) is 0 Å². The van der Waals surface area contributed by atoms with Gasteiger partial charge < -0.3 is 10.2 Å². The van der Waals surface area contributed by atoms with Crippen LogP contribution in [0.15, 0.2) is 23.4 Å². The topological polar surface area (TPSA) is 84.8 Å². The highest BCUT2D eigenvalue weighted by atomic mass is 32.2. The molecule has 0 bridgehead atoms. The second-order valence-corrected chi connectivity index (χ2v) is 7.62. The lowest BCUT2D eigenvalue weighted by molar-refractivity contribution is -0.131. The summed E-state index contributed by atoms with van der Waals surface area (Å²) in [6, 6.07) is 2.78. The van der Waals surface area contributed by atoms with Crippen molar-refractivity contribution in [2.45, 2.75) is 25.5 Å². The van der Waals surface area contributed by atoms with Gasteiger partial charge in [-0.15, -0.1) is 0 Å². The number of benzene rings is 1. The van der Waals surface area contributed by atoms with Crippen molar-refractivity contribution in [1.29, 1.82) is 0 Å². The molecule has 1 aliphatic heterocycles. The Hall–Kier alpha value is -2.03. The van der Waals surface area contributed by atoms with Crippen molar-refractivity contribution >= 4 is 21.5 Å². The predicted octanol–water partition coefficient (Wildman–Crippen LogP) is 1.01. The Morgan fingerprint density at radius 3 is 2.61 bits per heavy atom. The number of hydrogen-bond donors (Lipinski definition) is 1. The van der Waals surface area contributed by atoms with Gasteiger partial charge in [0.2, 0.25) is 6.10 Å². The van der Waals surface area contributed by atoms with E-state index in [2.05, 4.69) is 10.5 Å². The molecule has 1 aliphatic rings. The van der Waals surface area contributed by atoms with Crippen LogP contribution in [-0.2, 0) is 19.5 Å². The van der Waals surface area contributed by atoms with Gasteiger partial charge in [0, 0.05) is 18.7 Å². The number of carbonyl (C=O) groups excluding carboxylic acids is 1. The predicted molar refractivity (Wildman–Crippen MR) is 79.7 cm³/mol. The Morgan fingerprint density at radius 1 is 1.43 bits per heavy atom. The third kappa shape index (κ3) is 4.47. The van der Waals surface area contributed by atoms with E-state index in [4.69, 9.17) is 4.84 Å². The molecule has 2 atom stereocenters. The van der Waals surface area contributed by atoms with Crippen LogP contribution in [0.2, 0.25) is 0 Å². The van der Waals surface area contributed by atoms with E-state index in [0.717, 1.165) is 18.4 Å². The van der Waals surface area contributed by atoms with Crippen LogP contribution in [0, 0.1) is 11.6 Å². The molecule has 6 nitrogen and oxygen atoms in total. The van der Waals surface area contributed by atoms with Crippen LogP contribution in [0.3, 0.4) is 0 Å². The summed E-state index contributed by atoms with van der Waals surface area (Å²) in [5.41, 5.74) is -0.330. The van der Waals surface area contributed by atoms with Crippen LogP contribution in [0.4, 0.5) is 8.78 Å². The Kier molecular flexibility index (Phi) is 4.98. The van der Waals surface area contributed by atoms with E-state index in [0.29, 0.717) is 0 Å².